The van der Waals surface area contributed by atoms with E-state index in [9.17, 15) is 30.8 Å². The number of nitrogens with zero attached hydrogens (tertiary/aromatic N) is 2. The molecule has 1 unspecified atom stereocenters. The average molecular weight is 666 g/mol. The number of nitrogens with one attached hydrogen (secondary N) is 1. The van der Waals surface area contributed by atoms with E-state index in [1.165, 1.54) is 43.5 Å². The lowest BCUT2D eigenvalue weighted by atomic mass is 9.98. The van der Waals surface area contributed by atoms with E-state index in [-0.39, 0.29) is 67.0 Å². The van der Waals surface area contributed by atoms with Gasteiger partial charge < -0.3 is 18.6 Å². The van der Waals surface area contributed by atoms with Crippen LogP contribution in [0.15, 0.2) is 80.4 Å². The van der Waals surface area contributed by atoms with E-state index >= 15 is 0 Å². The van der Waals surface area contributed by atoms with Crippen molar-refractivity contribution in [2.45, 2.75) is 6.17 Å². The Bertz CT molecular complexity index is 2540. The Labute approximate surface area is 263 Å². The number of hydrogen-bond acceptors (Lipinski definition) is 7. The van der Waals surface area contributed by atoms with E-state index in [0.717, 1.165) is 16.6 Å². The van der Waals surface area contributed by atoms with Gasteiger partial charge in [-0.25, -0.2) is 31.0 Å². The van der Waals surface area contributed by atoms with Gasteiger partial charge in [0.2, 0.25) is 15.9 Å². The molecular formula is C33H23F4N3O6S. The SMILES string of the molecule is COc1ccc(-c2cc3c(cc2N(CC(F)CF)S(C)(=O)=O)oc2c4ccc(F)cc4[nH]c(=O)c32)cc1-c1nc2c(F)cccc2o1. The summed E-state index contributed by atoms with van der Waals surface area (Å²) in [4.78, 5) is 20.3. The van der Waals surface area contributed by atoms with Gasteiger partial charge in [-0.1, -0.05) is 12.1 Å². The third-order valence-electron chi connectivity index (χ3n) is 7.82. The lowest BCUT2D eigenvalue weighted by molar-refractivity contribution is 0.268. The van der Waals surface area contributed by atoms with E-state index in [1.54, 1.807) is 24.3 Å². The summed E-state index contributed by atoms with van der Waals surface area (Å²) in [7, 11) is -2.81. The molecule has 0 aliphatic rings. The number of fused-ring (bicyclic) bond motifs is 6. The number of furan rings is 1. The Morgan fingerprint density at radius 2 is 1.79 bits per heavy atom. The van der Waals surface area contributed by atoms with E-state index < -0.39 is 46.6 Å². The molecule has 4 aromatic carbocycles. The van der Waals surface area contributed by atoms with Gasteiger partial charge in [0.05, 0.1) is 42.1 Å². The Balaban J connectivity index is 1.54. The Hall–Kier alpha value is -5.37. The number of anilines is 1. The van der Waals surface area contributed by atoms with Crippen LogP contribution in [0.5, 0.6) is 5.75 Å². The molecule has 0 radical (unpaired) electrons. The minimum atomic E-state index is -4.22. The first kappa shape index (κ1) is 30.3. The fourth-order valence-corrected chi connectivity index (χ4v) is 6.64. The summed E-state index contributed by atoms with van der Waals surface area (Å²) in [6, 6.07) is 15.5. The van der Waals surface area contributed by atoms with Gasteiger partial charge in [0.25, 0.3) is 5.56 Å². The number of methoxy groups -OCH3 is 1. The third kappa shape index (κ3) is 5.14. The van der Waals surface area contributed by atoms with Gasteiger partial charge in [0.1, 0.15) is 41.1 Å². The molecule has 3 heterocycles. The van der Waals surface area contributed by atoms with Crippen molar-refractivity contribution in [2.24, 2.45) is 0 Å². The second-order valence-corrected chi connectivity index (χ2v) is 12.8. The van der Waals surface area contributed by atoms with Gasteiger partial charge in [-0.05, 0) is 54.1 Å². The molecule has 0 spiro atoms. The molecule has 0 saturated heterocycles. The van der Waals surface area contributed by atoms with E-state index in [1.807, 2.05) is 0 Å². The fraction of sp³-hybridized carbons (Fsp3) is 0.152. The number of pyridine rings is 1. The maximum atomic E-state index is 14.5. The fourth-order valence-electron chi connectivity index (χ4n) is 5.70. The lowest BCUT2D eigenvalue weighted by Gasteiger charge is -2.26. The molecule has 1 atom stereocenters. The number of benzene rings is 4. The number of H-pyrrole nitrogens is 1. The first-order valence-corrected chi connectivity index (χ1v) is 15.9. The number of aromatic amines is 1. The number of para-hydroxylation sites is 1. The maximum absolute atomic E-state index is 14.5. The summed E-state index contributed by atoms with van der Waals surface area (Å²) >= 11 is 0. The van der Waals surface area contributed by atoms with E-state index in [2.05, 4.69) is 9.97 Å². The van der Waals surface area contributed by atoms with Crippen LogP contribution in [-0.2, 0) is 10.0 Å². The Morgan fingerprint density at radius 3 is 2.51 bits per heavy atom. The summed E-state index contributed by atoms with van der Waals surface area (Å²) in [5.41, 5.74) is 0.621. The monoisotopic (exact) mass is 665 g/mol. The predicted octanol–water partition coefficient (Wildman–Crippen LogP) is 7.26. The normalized spacial score (nSPS) is 12.8. The van der Waals surface area contributed by atoms with Gasteiger partial charge in [-0.15, -0.1) is 0 Å². The Kier molecular flexibility index (Phi) is 7.19. The molecule has 9 nitrogen and oxygen atoms in total. The molecule has 0 fully saturated rings. The lowest BCUT2D eigenvalue weighted by Crippen LogP contribution is -2.36. The van der Waals surface area contributed by atoms with Crippen LogP contribution in [-0.4, -0.2) is 51.1 Å². The maximum Gasteiger partial charge on any atom is 0.260 e. The minimum absolute atomic E-state index is 0.00319. The van der Waals surface area contributed by atoms with Crippen molar-refractivity contribution in [3.8, 4) is 28.3 Å². The number of halogens is 4. The number of ether oxygens (including phenoxy) is 1. The van der Waals surface area contributed by atoms with Gasteiger partial charge in [-0.3, -0.25) is 9.10 Å². The van der Waals surface area contributed by atoms with Gasteiger partial charge in [-0.2, -0.15) is 0 Å². The van der Waals surface area contributed by atoms with Crippen molar-refractivity contribution in [3.63, 3.8) is 0 Å². The average Bonchev–Trinajstić information content (AvgIpc) is 3.65. The Morgan fingerprint density at radius 1 is 0.979 bits per heavy atom. The van der Waals surface area contributed by atoms with Crippen molar-refractivity contribution in [1.29, 1.82) is 0 Å². The van der Waals surface area contributed by atoms with Crippen LogP contribution < -0.4 is 14.6 Å². The summed E-state index contributed by atoms with van der Waals surface area (Å²) in [5.74, 6) is -0.905. The number of hydrogen-bond donors (Lipinski definition) is 1. The van der Waals surface area contributed by atoms with Crippen LogP contribution in [0, 0.1) is 11.6 Å². The van der Waals surface area contributed by atoms with E-state index in [0.29, 0.717) is 10.9 Å². The van der Waals surface area contributed by atoms with Crippen LogP contribution in [0.25, 0.3) is 66.5 Å². The van der Waals surface area contributed by atoms with Gasteiger partial charge in [0.15, 0.2) is 11.4 Å². The third-order valence-corrected chi connectivity index (χ3v) is 8.97. The number of sulfonamides is 1. The zero-order chi connectivity index (χ0) is 33.2. The van der Waals surface area contributed by atoms with Gasteiger partial charge >= 0.3 is 0 Å². The van der Waals surface area contributed by atoms with Crippen molar-refractivity contribution >= 4 is 59.7 Å². The molecule has 0 amide bonds. The van der Waals surface area contributed by atoms with E-state index in [4.69, 9.17) is 13.6 Å². The molecule has 14 heteroatoms. The highest BCUT2D eigenvalue weighted by atomic mass is 32.2. The molecule has 7 rings (SSSR count). The summed E-state index contributed by atoms with van der Waals surface area (Å²) in [6.45, 7) is -2.29. The highest BCUT2D eigenvalue weighted by Gasteiger charge is 2.28. The van der Waals surface area contributed by atoms with Crippen molar-refractivity contribution in [2.75, 3.05) is 30.9 Å². The highest BCUT2D eigenvalue weighted by molar-refractivity contribution is 7.92. The van der Waals surface area contributed by atoms with Gasteiger partial charge in [0, 0.05) is 22.4 Å². The minimum Gasteiger partial charge on any atom is -0.496 e. The zero-order valence-electron chi connectivity index (χ0n) is 24.6. The molecular weight excluding hydrogens is 642 g/mol. The molecule has 240 valence electrons. The van der Waals surface area contributed by atoms with Crippen molar-refractivity contribution in [1.82, 2.24) is 9.97 Å². The van der Waals surface area contributed by atoms with Crippen molar-refractivity contribution < 1.29 is 39.6 Å². The molecule has 47 heavy (non-hydrogen) atoms. The summed E-state index contributed by atoms with van der Waals surface area (Å²) in [6.07, 6.45) is -1.31. The molecule has 0 bridgehead atoms. The van der Waals surface area contributed by atoms with Crippen LogP contribution >= 0.6 is 0 Å². The number of rotatable bonds is 8. The van der Waals surface area contributed by atoms with Crippen LogP contribution in [0.1, 0.15) is 0 Å². The van der Waals surface area contributed by atoms with Crippen LogP contribution in [0.3, 0.4) is 0 Å². The van der Waals surface area contributed by atoms with Crippen molar-refractivity contribution in [3.05, 3.63) is 88.7 Å². The second kappa shape index (κ2) is 11.2. The second-order valence-electron chi connectivity index (χ2n) is 10.9. The zero-order valence-corrected chi connectivity index (χ0v) is 25.4. The molecule has 1 N–H and O–H groups in total. The number of oxazole rings is 1. The topological polar surface area (TPSA) is 119 Å². The molecule has 0 saturated carbocycles. The highest BCUT2D eigenvalue weighted by Crippen LogP contribution is 2.43. The largest absolute Gasteiger partial charge is 0.496 e. The molecule has 7 aromatic rings. The molecule has 0 aliphatic carbocycles. The molecule has 3 aromatic heterocycles. The number of alkyl halides is 2. The standard InChI is InChI=1S/C33H23F4N3O6S/c1-44-26-9-6-16(10-22(26)33-39-30-23(37)4-3-5-27(30)46-33)20-12-21-28(13-25(20)40(47(2,42)43)15-18(36)14-34)45-31-19-8-7-17(35)11-24(19)38-32(41)29(21)31/h3-13,18H,14-15H2,1-2H3,(H,38,41). The molecule has 0 aliphatic heterocycles. The first-order valence-electron chi connectivity index (χ1n) is 14.1. The van der Waals surface area contributed by atoms with Crippen LogP contribution in [0.4, 0.5) is 23.2 Å². The summed E-state index contributed by atoms with van der Waals surface area (Å²) in [5, 5.41) is 0.757. The van der Waals surface area contributed by atoms with Crippen LogP contribution in [0.2, 0.25) is 0 Å². The number of aromatic nitrogens is 2. The quantitative estimate of drug-likeness (QED) is 0.170. The smallest absolute Gasteiger partial charge is 0.260 e. The predicted molar refractivity (Wildman–Crippen MR) is 170 cm³/mol. The summed E-state index contributed by atoms with van der Waals surface area (Å²) < 4.78 is 101. The first-order chi connectivity index (χ1) is 22.5.